The Kier molecular flexibility index (Phi) is 4.01. The highest BCUT2D eigenvalue weighted by molar-refractivity contribution is 9.10. The van der Waals surface area contributed by atoms with E-state index in [0.29, 0.717) is 5.56 Å². The van der Waals surface area contributed by atoms with Crippen LogP contribution in [0.25, 0.3) is 0 Å². The fourth-order valence-corrected chi connectivity index (χ4v) is 1.67. The second-order valence-corrected chi connectivity index (χ2v) is 4.32. The average molecular weight is 320 g/mol. The molecule has 14 heavy (non-hydrogen) atoms. The Morgan fingerprint density at radius 2 is 2.00 bits per heavy atom. The molecule has 0 saturated heterocycles. The van der Waals surface area contributed by atoms with Gasteiger partial charge in [0, 0.05) is 10.0 Å². The van der Waals surface area contributed by atoms with Crippen LogP contribution >= 0.6 is 31.9 Å². The minimum absolute atomic E-state index is 0.0672. The van der Waals surface area contributed by atoms with Gasteiger partial charge >= 0.3 is 0 Å². The number of alkyl halides is 1. The maximum absolute atomic E-state index is 11.5. The normalized spacial score (nSPS) is 9.93. The van der Waals surface area contributed by atoms with Crippen molar-refractivity contribution in [1.82, 2.24) is 0 Å². The summed E-state index contributed by atoms with van der Waals surface area (Å²) >= 11 is 6.23. The first-order chi connectivity index (χ1) is 6.56. The lowest BCUT2D eigenvalue weighted by Crippen LogP contribution is -2.16. The Hall–Kier alpha value is -0.480. The molecule has 0 fully saturated rings. The molecule has 4 heteroatoms. The second kappa shape index (κ2) is 4.84. The number of carbonyl (C=O) groups is 2. The number of benzene rings is 1. The van der Waals surface area contributed by atoms with Crippen LogP contribution in [0.2, 0.25) is 0 Å². The fraction of sp³-hybridized carbons (Fsp3) is 0.200. The number of Topliss-reactive ketones (excluding diaryl/α,β-unsaturated/α-hetero) is 2. The number of hydrogen-bond donors (Lipinski definition) is 0. The lowest BCUT2D eigenvalue weighted by molar-refractivity contribution is -0.112. The summed E-state index contributed by atoms with van der Waals surface area (Å²) in [4.78, 5) is 22.7. The molecule has 0 saturated carbocycles. The van der Waals surface area contributed by atoms with Gasteiger partial charge in [-0.15, -0.1) is 0 Å². The van der Waals surface area contributed by atoms with Crippen LogP contribution in [0.1, 0.15) is 15.9 Å². The van der Waals surface area contributed by atoms with Crippen molar-refractivity contribution in [2.45, 2.75) is 6.92 Å². The van der Waals surface area contributed by atoms with Crippen LogP contribution in [0.4, 0.5) is 0 Å². The summed E-state index contributed by atoms with van der Waals surface area (Å²) in [5.41, 5.74) is 1.27. The number of rotatable bonds is 3. The SMILES string of the molecule is Cc1ccc(Br)cc1C(=O)C(=O)CBr. The summed E-state index contributed by atoms with van der Waals surface area (Å²) in [5.74, 6) is -0.869. The number of hydrogen-bond acceptors (Lipinski definition) is 2. The zero-order valence-corrected chi connectivity index (χ0v) is 10.7. The minimum atomic E-state index is -0.444. The van der Waals surface area contributed by atoms with Crippen molar-refractivity contribution < 1.29 is 9.59 Å². The van der Waals surface area contributed by atoms with Crippen molar-refractivity contribution in [3.8, 4) is 0 Å². The Labute approximate surface area is 98.9 Å². The Morgan fingerprint density at radius 1 is 1.36 bits per heavy atom. The lowest BCUT2D eigenvalue weighted by Gasteiger charge is -2.03. The van der Waals surface area contributed by atoms with E-state index < -0.39 is 11.6 Å². The summed E-state index contributed by atoms with van der Waals surface area (Å²) in [6.45, 7) is 1.81. The minimum Gasteiger partial charge on any atom is -0.290 e. The predicted molar refractivity (Wildman–Crippen MR) is 62.0 cm³/mol. The van der Waals surface area contributed by atoms with Crippen molar-refractivity contribution in [2.24, 2.45) is 0 Å². The van der Waals surface area contributed by atoms with Crippen LogP contribution in [-0.4, -0.2) is 16.9 Å². The summed E-state index contributed by atoms with van der Waals surface area (Å²) in [7, 11) is 0. The van der Waals surface area contributed by atoms with Gasteiger partial charge in [-0.05, 0) is 24.6 Å². The quantitative estimate of drug-likeness (QED) is 0.488. The maximum Gasteiger partial charge on any atom is 0.229 e. The molecule has 0 radical (unpaired) electrons. The van der Waals surface area contributed by atoms with Crippen LogP contribution in [0, 0.1) is 6.92 Å². The zero-order chi connectivity index (χ0) is 10.7. The molecule has 0 aromatic heterocycles. The highest BCUT2D eigenvalue weighted by atomic mass is 79.9. The molecule has 0 aliphatic heterocycles. The van der Waals surface area contributed by atoms with Gasteiger partial charge in [0.25, 0.3) is 0 Å². The maximum atomic E-state index is 11.5. The molecule has 0 N–H and O–H groups in total. The van der Waals surface area contributed by atoms with Gasteiger partial charge in [0.1, 0.15) is 0 Å². The molecular formula is C10H8Br2O2. The first-order valence-corrected chi connectivity index (χ1v) is 5.87. The van der Waals surface area contributed by atoms with Gasteiger partial charge in [0.2, 0.25) is 11.6 Å². The van der Waals surface area contributed by atoms with Crippen LogP contribution < -0.4 is 0 Å². The van der Waals surface area contributed by atoms with Gasteiger partial charge in [-0.2, -0.15) is 0 Å². The molecule has 0 spiro atoms. The molecule has 0 bridgehead atoms. The summed E-state index contributed by atoms with van der Waals surface area (Å²) in [6.07, 6.45) is 0. The van der Waals surface area contributed by atoms with Gasteiger partial charge < -0.3 is 0 Å². The first-order valence-electron chi connectivity index (χ1n) is 3.96. The largest absolute Gasteiger partial charge is 0.290 e. The molecule has 1 aromatic rings. The van der Waals surface area contributed by atoms with E-state index in [1.165, 1.54) is 0 Å². The van der Waals surface area contributed by atoms with Gasteiger partial charge in [-0.3, -0.25) is 9.59 Å². The molecule has 1 aromatic carbocycles. The van der Waals surface area contributed by atoms with Crippen molar-refractivity contribution in [3.63, 3.8) is 0 Å². The molecule has 2 nitrogen and oxygen atoms in total. The van der Waals surface area contributed by atoms with Crippen molar-refractivity contribution in [1.29, 1.82) is 0 Å². The molecule has 0 aliphatic carbocycles. The van der Waals surface area contributed by atoms with E-state index in [-0.39, 0.29) is 5.33 Å². The average Bonchev–Trinajstić information content (AvgIpc) is 2.19. The molecule has 0 unspecified atom stereocenters. The zero-order valence-electron chi connectivity index (χ0n) is 7.51. The smallest absolute Gasteiger partial charge is 0.229 e. The van der Waals surface area contributed by atoms with E-state index in [9.17, 15) is 9.59 Å². The number of carbonyl (C=O) groups excluding carboxylic acids is 2. The topological polar surface area (TPSA) is 34.1 Å². The van der Waals surface area contributed by atoms with E-state index in [4.69, 9.17) is 0 Å². The van der Waals surface area contributed by atoms with Crippen LogP contribution in [-0.2, 0) is 4.79 Å². The van der Waals surface area contributed by atoms with E-state index in [0.717, 1.165) is 10.0 Å². The lowest BCUT2D eigenvalue weighted by atomic mass is 10.0. The molecule has 0 atom stereocenters. The molecule has 74 valence electrons. The third-order valence-electron chi connectivity index (χ3n) is 1.82. The Balaban J connectivity index is 3.12. The predicted octanol–water partition coefficient (Wildman–Crippen LogP) is 2.90. The molecule has 0 aliphatic rings. The summed E-state index contributed by atoms with van der Waals surface area (Å²) in [5, 5.41) is 0.0672. The molecule has 0 amide bonds. The van der Waals surface area contributed by atoms with Crippen molar-refractivity contribution >= 4 is 43.4 Å². The Bertz CT molecular complexity index is 386. The highest BCUT2D eigenvalue weighted by Gasteiger charge is 2.16. The van der Waals surface area contributed by atoms with Gasteiger partial charge in [-0.1, -0.05) is 37.9 Å². The highest BCUT2D eigenvalue weighted by Crippen LogP contribution is 2.17. The van der Waals surface area contributed by atoms with E-state index >= 15 is 0 Å². The van der Waals surface area contributed by atoms with E-state index in [1.807, 2.05) is 6.07 Å². The molecular weight excluding hydrogens is 312 g/mol. The molecule has 1 rings (SSSR count). The van der Waals surface area contributed by atoms with E-state index in [1.54, 1.807) is 19.1 Å². The van der Waals surface area contributed by atoms with Crippen LogP contribution in [0.3, 0.4) is 0 Å². The number of ketones is 2. The molecule has 0 heterocycles. The first kappa shape index (κ1) is 11.6. The van der Waals surface area contributed by atoms with Crippen molar-refractivity contribution in [3.05, 3.63) is 33.8 Å². The van der Waals surface area contributed by atoms with Crippen molar-refractivity contribution in [2.75, 3.05) is 5.33 Å². The number of aryl methyl sites for hydroxylation is 1. The van der Waals surface area contributed by atoms with Crippen LogP contribution in [0.5, 0.6) is 0 Å². The second-order valence-electron chi connectivity index (χ2n) is 2.85. The summed E-state index contributed by atoms with van der Waals surface area (Å²) < 4.78 is 0.800. The van der Waals surface area contributed by atoms with Gasteiger partial charge in [0.05, 0.1) is 5.33 Å². The fourth-order valence-electron chi connectivity index (χ4n) is 1.05. The standard InChI is InChI=1S/C10H8Br2O2/c1-6-2-3-7(12)4-8(6)10(14)9(13)5-11/h2-4H,5H2,1H3. The van der Waals surface area contributed by atoms with Gasteiger partial charge in [-0.25, -0.2) is 0 Å². The monoisotopic (exact) mass is 318 g/mol. The van der Waals surface area contributed by atoms with E-state index in [2.05, 4.69) is 31.9 Å². The summed E-state index contributed by atoms with van der Waals surface area (Å²) in [6, 6.07) is 5.31. The number of halogens is 2. The third kappa shape index (κ3) is 2.51. The van der Waals surface area contributed by atoms with Gasteiger partial charge in [0.15, 0.2) is 0 Å². The third-order valence-corrected chi connectivity index (χ3v) is 2.82. The van der Waals surface area contributed by atoms with Crippen LogP contribution in [0.15, 0.2) is 22.7 Å². The Morgan fingerprint density at radius 3 is 2.57 bits per heavy atom.